The second-order valence-electron chi connectivity index (χ2n) is 8.89. The van der Waals surface area contributed by atoms with Gasteiger partial charge >= 0.3 is 11.9 Å². The number of ether oxygens (including phenoxy) is 2. The van der Waals surface area contributed by atoms with Gasteiger partial charge in [-0.2, -0.15) is 0 Å². The van der Waals surface area contributed by atoms with Crippen LogP contribution in [0.25, 0.3) is 0 Å². The zero-order chi connectivity index (χ0) is 25.4. The molecular formula is C24H30N2O7S. The highest BCUT2D eigenvalue weighted by Gasteiger charge is 2.66. The Kier molecular flexibility index (Phi) is 7.42. The van der Waals surface area contributed by atoms with Gasteiger partial charge < -0.3 is 19.7 Å². The van der Waals surface area contributed by atoms with Crippen molar-refractivity contribution < 1.29 is 34.1 Å². The molecule has 2 aliphatic rings. The van der Waals surface area contributed by atoms with Crippen molar-refractivity contribution in [2.45, 2.75) is 57.6 Å². The topological polar surface area (TPSA) is 126 Å². The summed E-state index contributed by atoms with van der Waals surface area (Å²) in [4.78, 5) is 42.0. The zero-order valence-corrected chi connectivity index (χ0v) is 20.9. The molecule has 0 spiro atoms. The number of rotatable bonds is 8. The van der Waals surface area contributed by atoms with Crippen molar-refractivity contribution in [1.82, 2.24) is 4.90 Å². The van der Waals surface area contributed by atoms with Crippen LogP contribution in [0.5, 0.6) is 5.75 Å². The molecule has 9 nitrogen and oxygen atoms in total. The quantitative estimate of drug-likeness (QED) is 0.323. The number of aliphatic imine (C=N–C) groups is 1. The Balaban J connectivity index is 1.97. The second-order valence-corrected chi connectivity index (χ2v) is 9.96. The summed E-state index contributed by atoms with van der Waals surface area (Å²) in [6, 6.07) is 3.65. The van der Waals surface area contributed by atoms with E-state index in [-0.39, 0.29) is 35.6 Å². The summed E-state index contributed by atoms with van der Waals surface area (Å²) < 4.78 is 10.5. The molecule has 2 aliphatic heterocycles. The number of phenols is 1. The van der Waals surface area contributed by atoms with Crippen LogP contribution < -0.4 is 0 Å². The van der Waals surface area contributed by atoms with Gasteiger partial charge in [-0.1, -0.05) is 27.7 Å². The summed E-state index contributed by atoms with van der Waals surface area (Å²) in [5.74, 6) is -1.76. The van der Waals surface area contributed by atoms with Crippen LogP contribution in [0.1, 0.15) is 63.1 Å². The highest BCUT2D eigenvalue weighted by Crippen LogP contribution is 2.48. The number of aliphatic carboxylic acids is 1. The van der Waals surface area contributed by atoms with Crippen molar-refractivity contribution in [1.29, 1.82) is 0 Å². The van der Waals surface area contributed by atoms with Gasteiger partial charge in [0.2, 0.25) is 0 Å². The Bertz CT molecular complexity index is 1050. The van der Waals surface area contributed by atoms with Gasteiger partial charge in [-0.05, 0) is 40.7 Å². The van der Waals surface area contributed by atoms with Crippen LogP contribution in [0.2, 0.25) is 0 Å². The Morgan fingerprint density at radius 2 is 1.85 bits per heavy atom. The number of aromatic hydroxyl groups is 1. The molecule has 2 atom stereocenters. The molecular weight excluding hydrogens is 460 g/mol. The number of carbonyl (C=O) groups excluding carboxylic acids is 2. The minimum Gasteiger partial charge on any atom is -0.507 e. The van der Waals surface area contributed by atoms with Crippen molar-refractivity contribution in [3.63, 3.8) is 0 Å². The highest BCUT2D eigenvalue weighted by atomic mass is 32.2. The van der Waals surface area contributed by atoms with E-state index in [1.807, 2.05) is 39.8 Å². The molecule has 184 valence electrons. The summed E-state index contributed by atoms with van der Waals surface area (Å²) in [7, 11) is 1.36. The summed E-state index contributed by atoms with van der Waals surface area (Å²) >= 11 is 1.30. The largest absolute Gasteiger partial charge is 0.507 e. The van der Waals surface area contributed by atoms with Gasteiger partial charge in [-0.3, -0.25) is 14.5 Å². The standard InChI is InChI=1S/C24H30N2O7S/c1-12(2)17-7-15(8-18(13(3)4)20(17)28)9-25-24(32-6)22(31)26-19(21(29)30)16(10-33-14(5)27)11-34-23(24)26/h7-9,12-13,23,28H,10-11H2,1-6H3,(H,29,30)/t23-,24-/m0/s1. The lowest BCUT2D eigenvalue weighted by Crippen LogP contribution is -2.73. The lowest BCUT2D eigenvalue weighted by atomic mass is 9.91. The Labute approximate surface area is 202 Å². The number of phenolic OH excluding ortho intramolecular Hbond substituents is 1. The van der Waals surface area contributed by atoms with Crippen LogP contribution >= 0.6 is 11.8 Å². The van der Waals surface area contributed by atoms with Crippen LogP contribution in [0.15, 0.2) is 28.4 Å². The number of nitrogens with zero attached hydrogens (tertiary/aromatic N) is 2. The van der Waals surface area contributed by atoms with Gasteiger partial charge in [-0.15, -0.1) is 11.8 Å². The normalized spacial score (nSPS) is 22.4. The maximum Gasteiger partial charge on any atom is 0.352 e. The molecule has 1 aromatic rings. The van der Waals surface area contributed by atoms with Crippen molar-refractivity contribution in [3.8, 4) is 5.75 Å². The van der Waals surface area contributed by atoms with Crippen molar-refractivity contribution >= 4 is 35.8 Å². The number of benzene rings is 1. The van der Waals surface area contributed by atoms with E-state index in [0.717, 1.165) is 16.0 Å². The molecule has 0 bridgehead atoms. The first-order valence-corrected chi connectivity index (χ1v) is 12.0. The monoisotopic (exact) mass is 490 g/mol. The van der Waals surface area contributed by atoms with Crippen molar-refractivity contribution in [2.24, 2.45) is 4.99 Å². The number of hydrogen-bond donors (Lipinski definition) is 2. The first-order valence-electron chi connectivity index (χ1n) is 11.0. The Morgan fingerprint density at radius 3 is 2.32 bits per heavy atom. The predicted octanol–water partition coefficient (Wildman–Crippen LogP) is 3.22. The highest BCUT2D eigenvalue weighted by molar-refractivity contribution is 8.00. The average molecular weight is 491 g/mol. The number of amides is 1. The smallest absolute Gasteiger partial charge is 0.352 e. The van der Waals surface area contributed by atoms with Gasteiger partial charge in [0, 0.05) is 31.6 Å². The third-order valence-electron chi connectivity index (χ3n) is 5.89. The third kappa shape index (κ3) is 4.44. The number of hydrogen-bond acceptors (Lipinski definition) is 8. The number of carboxylic acids is 1. The molecule has 1 aromatic carbocycles. The van der Waals surface area contributed by atoms with Crippen LogP contribution in [0.3, 0.4) is 0 Å². The fourth-order valence-corrected chi connectivity index (χ4v) is 5.47. The molecule has 3 rings (SSSR count). The summed E-state index contributed by atoms with van der Waals surface area (Å²) in [5, 5.41) is 19.7. The molecule has 0 aliphatic carbocycles. The molecule has 1 amide bonds. The lowest BCUT2D eigenvalue weighted by Gasteiger charge is -2.53. The van der Waals surface area contributed by atoms with Crippen LogP contribution in [-0.4, -0.2) is 69.7 Å². The molecule has 1 fully saturated rings. The SMILES string of the molecule is CO[C@@]1(N=Cc2cc(C(C)C)c(O)c(C(C)C)c2)C(=O)N2C(C(=O)O)=C(COC(C)=O)CS[C@H]21. The molecule has 2 heterocycles. The van der Waals surface area contributed by atoms with Gasteiger partial charge in [0.05, 0.1) is 0 Å². The fraction of sp³-hybridized carbons (Fsp3) is 0.500. The minimum atomic E-state index is -1.58. The third-order valence-corrected chi connectivity index (χ3v) is 7.25. The van der Waals surface area contributed by atoms with Crippen LogP contribution in [0, 0.1) is 0 Å². The molecule has 0 radical (unpaired) electrons. The number of methoxy groups -OCH3 is 1. The van der Waals surface area contributed by atoms with Gasteiger partial charge in [0.15, 0.2) is 0 Å². The van der Waals surface area contributed by atoms with E-state index in [1.165, 1.54) is 32.0 Å². The first kappa shape index (κ1) is 25.8. The van der Waals surface area contributed by atoms with E-state index in [9.17, 15) is 24.6 Å². The number of β-lactam (4-membered cyclic amide) rings is 1. The first-order chi connectivity index (χ1) is 15.9. The van der Waals surface area contributed by atoms with Gasteiger partial charge in [0.1, 0.15) is 23.4 Å². The molecule has 0 aromatic heterocycles. The number of fused-ring (bicyclic) bond motifs is 1. The van der Waals surface area contributed by atoms with Gasteiger partial charge in [-0.25, -0.2) is 9.79 Å². The van der Waals surface area contributed by atoms with Crippen LogP contribution in [-0.2, 0) is 23.9 Å². The fourth-order valence-electron chi connectivity index (χ4n) is 4.06. The number of carbonyl (C=O) groups is 3. The van der Waals surface area contributed by atoms with E-state index in [2.05, 4.69) is 4.99 Å². The Morgan fingerprint density at radius 1 is 1.26 bits per heavy atom. The molecule has 10 heteroatoms. The van der Waals surface area contributed by atoms with E-state index in [1.54, 1.807) is 0 Å². The minimum absolute atomic E-state index is 0.0795. The van der Waals surface area contributed by atoms with Gasteiger partial charge in [0.25, 0.3) is 11.6 Å². The van der Waals surface area contributed by atoms with Crippen molar-refractivity contribution in [2.75, 3.05) is 19.5 Å². The predicted molar refractivity (Wildman–Crippen MR) is 128 cm³/mol. The van der Waals surface area contributed by atoms with E-state index >= 15 is 0 Å². The summed E-state index contributed by atoms with van der Waals surface area (Å²) in [6.07, 6.45) is 1.54. The Hall–Kier alpha value is -2.85. The maximum atomic E-state index is 13.2. The molecule has 2 N–H and O–H groups in total. The summed E-state index contributed by atoms with van der Waals surface area (Å²) in [6.45, 7) is 8.96. The average Bonchev–Trinajstić information content (AvgIpc) is 2.77. The van der Waals surface area contributed by atoms with E-state index in [4.69, 9.17) is 9.47 Å². The van der Waals surface area contributed by atoms with E-state index < -0.39 is 28.9 Å². The molecule has 1 saturated heterocycles. The lowest BCUT2D eigenvalue weighted by molar-refractivity contribution is -0.182. The van der Waals surface area contributed by atoms with E-state index in [0.29, 0.717) is 11.1 Å². The molecule has 34 heavy (non-hydrogen) atoms. The molecule has 0 unspecified atom stereocenters. The second kappa shape index (κ2) is 9.79. The number of esters is 1. The number of carboxylic acid groups (broad SMARTS) is 1. The molecule has 0 saturated carbocycles. The number of thioether (sulfide) groups is 1. The van der Waals surface area contributed by atoms with Crippen LogP contribution in [0.4, 0.5) is 0 Å². The maximum absolute atomic E-state index is 13.2. The zero-order valence-electron chi connectivity index (χ0n) is 20.1. The van der Waals surface area contributed by atoms with Crippen molar-refractivity contribution in [3.05, 3.63) is 40.1 Å². The summed E-state index contributed by atoms with van der Waals surface area (Å²) in [5.41, 5.74) is 0.821.